The number of rotatable bonds is 6. The van der Waals surface area contributed by atoms with Gasteiger partial charge in [0.05, 0.1) is 17.3 Å². The topological polar surface area (TPSA) is 80.3 Å². The lowest BCUT2D eigenvalue weighted by Gasteiger charge is -2.21. The maximum atomic E-state index is 12.8. The van der Waals surface area contributed by atoms with Crippen molar-refractivity contribution in [2.24, 2.45) is 5.92 Å². The number of ether oxygens (including phenoxy) is 1. The minimum atomic E-state index is -0.672. The molecule has 1 aromatic heterocycles. The molecule has 0 spiro atoms. The smallest absolute Gasteiger partial charge is 0.251 e. The van der Waals surface area contributed by atoms with E-state index in [-0.39, 0.29) is 17.7 Å². The van der Waals surface area contributed by atoms with Crippen molar-refractivity contribution >= 4 is 38.5 Å². The Labute approximate surface area is 167 Å². The molecule has 0 saturated carbocycles. The number of anilines is 1. The summed E-state index contributed by atoms with van der Waals surface area (Å²) in [7, 11) is 1.61. The van der Waals surface area contributed by atoms with Crippen molar-refractivity contribution in [3.05, 3.63) is 53.6 Å². The van der Waals surface area contributed by atoms with Gasteiger partial charge >= 0.3 is 0 Å². The van der Waals surface area contributed by atoms with Crippen LogP contribution in [0, 0.1) is 12.8 Å². The maximum absolute atomic E-state index is 12.8. The molecule has 0 radical (unpaired) electrons. The van der Waals surface area contributed by atoms with Gasteiger partial charge in [-0.3, -0.25) is 9.59 Å². The summed E-state index contributed by atoms with van der Waals surface area (Å²) in [4.78, 5) is 29.8. The summed E-state index contributed by atoms with van der Waals surface area (Å²) < 4.78 is 6.14. The molecule has 6 nitrogen and oxygen atoms in total. The predicted molar refractivity (Wildman–Crippen MR) is 112 cm³/mol. The zero-order valence-corrected chi connectivity index (χ0v) is 17.1. The Morgan fingerprint density at radius 1 is 1.14 bits per heavy atom. The highest BCUT2D eigenvalue weighted by atomic mass is 32.1. The Hall–Kier alpha value is -2.93. The summed E-state index contributed by atoms with van der Waals surface area (Å²) in [6.07, 6.45) is 0. The van der Waals surface area contributed by atoms with E-state index in [9.17, 15) is 9.59 Å². The Bertz CT molecular complexity index is 1010. The third kappa shape index (κ3) is 4.48. The highest BCUT2D eigenvalue weighted by molar-refractivity contribution is 7.22. The van der Waals surface area contributed by atoms with Gasteiger partial charge in [0.25, 0.3) is 5.91 Å². The van der Waals surface area contributed by atoms with Gasteiger partial charge in [0.1, 0.15) is 11.8 Å². The van der Waals surface area contributed by atoms with E-state index in [2.05, 4.69) is 15.6 Å². The van der Waals surface area contributed by atoms with Crippen LogP contribution in [0.25, 0.3) is 10.2 Å². The fraction of sp³-hybridized carbons (Fsp3) is 0.286. The van der Waals surface area contributed by atoms with Crippen LogP contribution < -0.4 is 15.4 Å². The zero-order chi connectivity index (χ0) is 20.3. The van der Waals surface area contributed by atoms with E-state index >= 15 is 0 Å². The van der Waals surface area contributed by atoms with Gasteiger partial charge in [0.15, 0.2) is 5.13 Å². The lowest BCUT2D eigenvalue weighted by atomic mass is 10.0. The van der Waals surface area contributed by atoms with E-state index in [0.29, 0.717) is 10.7 Å². The van der Waals surface area contributed by atoms with Crippen molar-refractivity contribution in [2.75, 3.05) is 12.4 Å². The normalized spacial score (nSPS) is 12.0. The van der Waals surface area contributed by atoms with Crippen LogP contribution in [0.4, 0.5) is 5.13 Å². The first kappa shape index (κ1) is 19.8. The van der Waals surface area contributed by atoms with Gasteiger partial charge in [-0.05, 0) is 43.2 Å². The first-order valence-corrected chi connectivity index (χ1v) is 9.82. The minimum absolute atomic E-state index is 0.0803. The molecule has 0 fully saturated rings. The first-order valence-electron chi connectivity index (χ1n) is 9.00. The number of benzene rings is 2. The van der Waals surface area contributed by atoms with E-state index in [4.69, 9.17) is 4.74 Å². The molecule has 2 N–H and O–H groups in total. The van der Waals surface area contributed by atoms with Crippen molar-refractivity contribution in [3.8, 4) is 5.75 Å². The second-order valence-electron chi connectivity index (χ2n) is 6.91. The molecule has 0 aliphatic rings. The number of nitrogens with zero attached hydrogens (tertiary/aromatic N) is 1. The monoisotopic (exact) mass is 397 g/mol. The molecule has 0 bridgehead atoms. The number of carbonyl (C=O) groups excluding carboxylic acids is 2. The van der Waals surface area contributed by atoms with E-state index < -0.39 is 6.04 Å². The number of hydrogen-bond acceptors (Lipinski definition) is 5. The quantitative estimate of drug-likeness (QED) is 0.659. The third-order valence-electron chi connectivity index (χ3n) is 4.34. The summed E-state index contributed by atoms with van der Waals surface area (Å²) in [5, 5.41) is 6.16. The zero-order valence-electron chi connectivity index (χ0n) is 16.3. The van der Waals surface area contributed by atoms with Crippen LogP contribution in [0.5, 0.6) is 5.75 Å². The number of amides is 2. The van der Waals surface area contributed by atoms with E-state index in [1.165, 1.54) is 11.3 Å². The van der Waals surface area contributed by atoms with E-state index in [1.54, 1.807) is 19.2 Å². The van der Waals surface area contributed by atoms with Crippen LogP contribution in [0.2, 0.25) is 0 Å². The molecule has 1 heterocycles. The van der Waals surface area contributed by atoms with Crippen molar-refractivity contribution in [1.29, 1.82) is 0 Å². The van der Waals surface area contributed by atoms with Crippen molar-refractivity contribution in [2.45, 2.75) is 26.8 Å². The summed E-state index contributed by atoms with van der Waals surface area (Å²) >= 11 is 1.37. The molecule has 2 amide bonds. The number of carbonyl (C=O) groups is 2. The maximum Gasteiger partial charge on any atom is 0.251 e. The van der Waals surface area contributed by atoms with Crippen molar-refractivity contribution in [3.63, 3.8) is 0 Å². The van der Waals surface area contributed by atoms with Crippen molar-refractivity contribution in [1.82, 2.24) is 10.3 Å². The van der Waals surface area contributed by atoms with Gasteiger partial charge in [-0.2, -0.15) is 0 Å². The molecule has 0 aliphatic carbocycles. The molecular weight excluding hydrogens is 374 g/mol. The van der Waals surface area contributed by atoms with Crippen LogP contribution in [0.15, 0.2) is 42.5 Å². The van der Waals surface area contributed by atoms with Gasteiger partial charge in [-0.1, -0.05) is 42.9 Å². The third-order valence-corrected chi connectivity index (χ3v) is 5.28. The molecule has 7 heteroatoms. The largest absolute Gasteiger partial charge is 0.497 e. The van der Waals surface area contributed by atoms with Gasteiger partial charge < -0.3 is 15.4 Å². The molecule has 2 aromatic carbocycles. The predicted octanol–water partition coefficient (Wildman–Crippen LogP) is 4.01. The Morgan fingerprint density at radius 3 is 2.61 bits per heavy atom. The van der Waals surface area contributed by atoms with Gasteiger partial charge in [0.2, 0.25) is 5.91 Å². The number of fused-ring (bicyclic) bond motifs is 1. The average Bonchev–Trinajstić information content (AvgIpc) is 3.06. The number of aryl methyl sites for hydroxylation is 1. The molecule has 0 saturated heterocycles. The standard InChI is InChI=1S/C21H23N3O3S/c1-12(2)18(23-19(25)14-7-5-6-13(3)10-14)20(26)24-21-22-16-9-8-15(27-4)11-17(16)28-21/h5-12,18H,1-4H3,(H,23,25)(H,22,24,26). The molecule has 1 atom stereocenters. The van der Waals surface area contributed by atoms with E-state index in [1.807, 2.05) is 51.1 Å². The van der Waals surface area contributed by atoms with Crippen LogP contribution in [0.1, 0.15) is 29.8 Å². The van der Waals surface area contributed by atoms with Crippen LogP contribution in [-0.2, 0) is 4.79 Å². The Morgan fingerprint density at radius 2 is 1.93 bits per heavy atom. The van der Waals surface area contributed by atoms with Crippen LogP contribution in [-0.4, -0.2) is 29.9 Å². The molecular formula is C21H23N3O3S. The highest BCUT2D eigenvalue weighted by Crippen LogP contribution is 2.29. The average molecular weight is 398 g/mol. The van der Waals surface area contributed by atoms with E-state index in [0.717, 1.165) is 21.5 Å². The molecule has 1 unspecified atom stereocenters. The summed E-state index contributed by atoms with van der Waals surface area (Å²) in [5.74, 6) is 0.0938. The minimum Gasteiger partial charge on any atom is -0.497 e. The number of aromatic nitrogens is 1. The second-order valence-corrected chi connectivity index (χ2v) is 7.94. The SMILES string of the molecule is COc1ccc2nc(NC(=O)C(NC(=O)c3cccc(C)c3)C(C)C)sc2c1. The Kier molecular flexibility index (Phi) is 5.94. The number of nitrogens with one attached hydrogen (secondary N) is 2. The molecule has 0 aliphatic heterocycles. The number of hydrogen-bond donors (Lipinski definition) is 2. The summed E-state index contributed by atoms with van der Waals surface area (Å²) in [5.41, 5.74) is 2.31. The first-order chi connectivity index (χ1) is 13.4. The molecule has 3 aromatic rings. The fourth-order valence-corrected chi connectivity index (χ4v) is 3.71. The fourth-order valence-electron chi connectivity index (χ4n) is 2.81. The van der Waals surface area contributed by atoms with Gasteiger partial charge in [-0.15, -0.1) is 0 Å². The summed E-state index contributed by atoms with van der Waals surface area (Å²) in [6, 6.07) is 12.2. The van der Waals surface area contributed by atoms with Crippen LogP contribution >= 0.6 is 11.3 Å². The summed E-state index contributed by atoms with van der Waals surface area (Å²) in [6.45, 7) is 5.71. The molecule has 3 rings (SSSR count). The Balaban J connectivity index is 1.75. The number of methoxy groups -OCH3 is 1. The lowest BCUT2D eigenvalue weighted by Crippen LogP contribution is -2.47. The second kappa shape index (κ2) is 8.39. The lowest BCUT2D eigenvalue weighted by molar-refractivity contribution is -0.118. The van der Waals surface area contributed by atoms with Crippen LogP contribution in [0.3, 0.4) is 0 Å². The van der Waals surface area contributed by atoms with Gasteiger partial charge in [0, 0.05) is 5.56 Å². The number of thiazole rings is 1. The van der Waals surface area contributed by atoms with Gasteiger partial charge in [-0.25, -0.2) is 4.98 Å². The molecule has 28 heavy (non-hydrogen) atoms. The van der Waals surface area contributed by atoms with Crippen molar-refractivity contribution < 1.29 is 14.3 Å². The molecule has 146 valence electrons. The highest BCUT2D eigenvalue weighted by Gasteiger charge is 2.25.